The number of hydrogen-bond acceptors (Lipinski definition) is 6. The minimum Gasteiger partial charge on any atom is -0.444 e. The number of anilines is 1. The molecule has 4 heterocycles. The summed E-state index contributed by atoms with van der Waals surface area (Å²) in [6, 6.07) is 4.02. The van der Waals surface area contributed by atoms with Gasteiger partial charge in [-0.05, 0) is 54.9 Å². The van der Waals surface area contributed by atoms with Gasteiger partial charge in [-0.3, -0.25) is 9.78 Å². The topological polar surface area (TPSA) is 84.2 Å². The van der Waals surface area contributed by atoms with E-state index in [4.69, 9.17) is 4.42 Å². The zero-order valence-corrected chi connectivity index (χ0v) is 17.6. The number of aryl methyl sites for hydroxylation is 1. The third kappa shape index (κ3) is 3.03. The monoisotopic (exact) mass is 455 g/mol. The molecule has 1 amide bonds. The Balaban J connectivity index is 1.26. The van der Waals surface area contributed by atoms with Gasteiger partial charge in [0.25, 0.3) is 5.91 Å². The standard InChI is InChI=1S/C23H20F3N5O2/c1-12-4-5-27-18(17(12)20-28-6-7-33-20)21(32)31-11-14-8-22(14)9-15(19(22)31)30-16-3-2-13(10-29-16)23(24,25)26/h2-7,10,14-15,19H,8-9,11H2,1H3,(H,29,30). The molecule has 1 spiro atoms. The lowest BCUT2D eigenvalue weighted by molar-refractivity contribution is -0.137. The van der Waals surface area contributed by atoms with Crippen molar-refractivity contribution in [1.82, 2.24) is 19.9 Å². The average Bonchev–Trinajstić information content (AvgIpc) is 3.14. The highest BCUT2D eigenvalue weighted by Gasteiger charge is 2.75. The Kier molecular flexibility index (Phi) is 4.15. The van der Waals surface area contributed by atoms with Crippen molar-refractivity contribution in [3.8, 4) is 11.5 Å². The lowest BCUT2D eigenvalue weighted by Gasteiger charge is -2.48. The highest BCUT2D eigenvalue weighted by atomic mass is 19.4. The van der Waals surface area contributed by atoms with E-state index in [1.807, 2.05) is 17.9 Å². The molecule has 3 fully saturated rings. The number of halogens is 3. The highest BCUT2D eigenvalue weighted by molar-refractivity contribution is 5.99. The quantitative estimate of drug-likeness (QED) is 0.636. The fourth-order valence-corrected chi connectivity index (χ4v) is 5.67. The molecule has 1 aliphatic heterocycles. The minimum absolute atomic E-state index is 0.0567. The lowest BCUT2D eigenvalue weighted by Crippen LogP contribution is -2.60. The Morgan fingerprint density at radius 3 is 2.73 bits per heavy atom. The summed E-state index contributed by atoms with van der Waals surface area (Å²) in [6.45, 7) is 2.52. The van der Waals surface area contributed by atoms with Crippen molar-refractivity contribution < 1.29 is 22.4 Å². The van der Waals surface area contributed by atoms with E-state index in [1.54, 1.807) is 6.20 Å². The summed E-state index contributed by atoms with van der Waals surface area (Å²) in [5, 5.41) is 3.25. The van der Waals surface area contributed by atoms with Crippen LogP contribution in [-0.2, 0) is 6.18 Å². The average molecular weight is 455 g/mol. The number of alkyl halides is 3. The van der Waals surface area contributed by atoms with Gasteiger partial charge in [0.05, 0.1) is 23.4 Å². The molecule has 1 saturated heterocycles. The summed E-state index contributed by atoms with van der Waals surface area (Å²) in [7, 11) is 0. The van der Waals surface area contributed by atoms with E-state index < -0.39 is 11.7 Å². The molecule has 3 aromatic rings. The maximum Gasteiger partial charge on any atom is 0.417 e. The third-order valence-electron chi connectivity index (χ3n) is 7.30. The Bertz CT molecular complexity index is 1230. The first-order valence-electron chi connectivity index (χ1n) is 10.7. The predicted octanol–water partition coefficient (Wildman–Crippen LogP) is 4.17. The molecular weight excluding hydrogens is 435 g/mol. The summed E-state index contributed by atoms with van der Waals surface area (Å²) in [5.74, 6) is 0.976. The molecule has 4 atom stereocenters. The van der Waals surface area contributed by atoms with E-state index in [2.05, 4.69) is 20.3 Å². The second kappa shape index (κ2) is 6.79. The molecule has 0 aromatic carbocycles. The summed E-state index contributed by atoms with van der Waals surface area (Å²) in [6.07, 6.45) is 2.91. The number of likely N-dealkylation sites (tertiary alicyclic amines) is 1. The van der Waals surface area contributed by atoms with Gasteiger partial charge >= 0.3 is 6.18 Å². The van der Waals surface area contributed by atoms with Gasteiger partial charge in [-0.1, -0.05) is 0 Å². The van der Waals surface area contributed by atoms with Crippen molar-refractivity contribution in [2.45, 2.75) is 38.0 Å². The van der Waals surface area contributed by atoms with Crippen LogP contribution in [0, 0.1) is 18.3 Å². The molecule has 3 aromatic heterocycles. The van der Waals surface area contributed by atoms with Gasteiger partial charge in [-0.25, -0.2) is 9.97 Å². The summed E-state index contributed by atoms with van der Waals surface area (Å²) in [5.41, 5.74) is 1.02. The fraction of sp³-hybridized carbons (Fsp3) is 0.391. The number of nitrogens with zero attached hydrogens (tertiary/aromatic N) is 4. The Morgan fingerprint density at radius 1 is 1.18 bits per heavy atom. The van der Waals surface area contributed by atoms with Gasteiger partial charge in [0.2, 0.25) is 5.89 Å². The van der Waals surface area contributed by atoms with E-state index in [0.29, 0.717) is 35.4 Å². The van der Waals surface area contributed by atoms with E-state index in [0.717, 1.165) is 30.7 Å². The molecule has 2 saturated carbocycles. The summed E-state index contributed by atoms with van der Waals surface area (Å²) >= 11 is 0. The molecule has 7 nitrogen and oxygen atoms in total. The Hall–Kier alpha value is -3.43. The lowest BCUT2D eigenvalue weighted by atomic mass is 9.71. The number of rotatable bonds is 4. The van der Waals surface area contributed by atoms with Gasteiger partial charge in [0, 0.05) is 25.0 Å². The van der Waals surface area contributed by atoms with Gasteiger partial charge in [0.15, 0.2) is 0 Å². The van der Waals surface area contributed by atoms with Crippen LogP contribution in [0.25, 0.3) is 11.5 Å². The van der Waals surface area contributed by atoms with Crippen molar-refractivity contribution in [2.75, 3.05) is 11.9 Å². The first-order valence-corrected chi connectivity index (χ1v) is 10.7. The third-order valence-corrected chi connectivity index (χ3v) is 7.30. The number of hydrogen-bond donors (Lipinski definition) is 1. The molecule has 0 bridgehead atoms. The molecule has 4 unspecified atom stereocenters. The summed E-state index contributed by atoms with van der Waals surface area (Å²) in [4.78, 5) is 28.0. The predicted molar refractivity (Wildman–Crippen MR) is 111 cm³/mol. The molecule has 10 heteroatoms. The van der Waals surface area contributed by atoms with Crippen LogP contribution in [0.1, 0.15) is 34.5 Å². The van der Waals surface area contributed by atoms with E-state index in [1.165, 1.54) is 18.5 Å². The number of carbonyl (C=O) groups is 1. The minimum atomic E-state index is -4.43. The van der Waals surface area contributed by atoms with Crippen LogP contribution in [0.15, 0.2) is 47.5 Å². The Labute approximate surface area is 187 Å². The SMILES string of the molecule is Cc1ccnc(C(=O)N2CC3CC34CC(Nc3ccc(C(F)(F)F)cn3)C24)c1-c1ncco1. The molecule has 1 N–H and O–H groups in total. The van der Waals surface area contributed by atoms with Crippen LogP contribution in [0.4, 0.5) is 19.0 Å². The van der Waals surface area contributed by atoms with Gasteiger partial charge < -0.3 is 14.6 Å². The first-order chi connectivity index (χ1) is 15.8. The molecule has 170 valence electrons. The van der Waals surface area contributed by atoms with Crippen LogP contribution >= 0.6 is 0 Å². The normalized spacial score (nSPS) is 27.5. The van der Waals surface area contributed by atoms with Crippen molar-refractivity contribution in [3.05, 3.63) is 59.9 Å². The van der Waals surface area contributed by atoms with Crippen LogP contribution in [-0.4, -0.2) is 44.4 Å². The molecule has 2 aliphatic carbocycles. The van der Waals surface area contributed by atoms with Crippen molar-refractivity contribution >= 4 is 11.7 Å². The zero-order chi connectivity index (χ0) is 23.0. The summed E-state index contributed by atoms with van der Waals surface area (Å²) < 4.78 is 44.0. The van der Waals surface area contributed by atoms with Crippen LogP contribution in [0.2, 0.25) is 0 Å². The van der Waals surface area contributed by atoms with Gasteiger partial charge in [0.1, 0.15) is 17.8 Å². The smallest absolute Gasteiger partial charge is 0.417 e. The number of pyridine rings is 2. The Morgan fingerprint density at radius 2 is 2.03 bits per heavy atom. The van der Waals surface area contributed by atoms with Gasteiger partial charge in [-0.15, -0.1) is 0 Å². The molecular formula is C23H20F3N5O2. The number of carbonyl (C=O) groups excluding carboxylic acids is 1. The van der Waals surface area contributed by atoms with Crippen molar-refractivity contribution in [1.29, 1.82) is 0 Å². The number of aromatic nitrogens is 3. The first kappa shape index (κ1) is 20.2. The number of oxazole rings is 1. The van der Waals surface area contributed by atoms with Crippen LogP contribution < -0.4 is 5.32 Å². The largest absolute Gasteiger partial charge is 0.444 e. The highest BCUT2D eigenvalue weighted by Crippen LogP contribution is 2.71. The van der Waals surface area contributed by atoms with E-state index in [-0.39, 0.29) is 23.4 Å². The maximum absolute atomic E-state index is 13.6. The molecule has 6 rings (SSSR count). The van der Waals surface area contributed by atoms with E-state index >= 15 is 0 Å². The van der Waals surface area contributed by atoms with Crippen molar-refractivity contribution in [2.24, 2.45) is 11.3 Å². The second-order valence-corrected chi connectivity index (χ2v) is 9.11. The van der Waals surface area contributed by atoms with Crippen LogP contribution in [0.5, 0.6) is 0 Å². The van der Waals surface area contributed by atoms with Crippen LogP contribution in [0.3, 0.4) is 0 Å². The van der Waals surface area contributed by atoms with Gasteiger partial charge in [-0.2, -0.15) is 13.2 Å². The molecule has 0 radical (unpaired) electrons. The molecule has 33 heavy (non-hydrogen) atoms. The fourth-order valence-electron chi connectivity index (χ4n) is 5.67. The number of nitrogens with one attached hydrogen (secondary N) is 1. The van der Waals surface area contributed by atoms with E-state index in [9.17, 15) is 18.0 Å². The number of amides is 1. The zero-order valence-electron chi connectivity index (χ0n) is 17.6. The molecule has 3 aliphatic rings. The van der Waals surface area contributed by atoms with Crippen molar-refractivity contribution in [3.63, 3.8) is 0 Å². The second-order valence-electron chi connectivity index (χ2n) is 9.11. The maximum atomic E-state index is 13.6. The number of piperidine rings is 1.